The Bertz CT molecular complexity index is 1060. The molecule has 150 valence electrons. The van der Waals surface area contributed by atoms with E-state index >= 15 is 0 Å². The van der Waals surface area contributed by atoms with Crippen LogP contribution in [0.4, 0.5) is 10.5 Å². The van der Waals surface area contributed by atoms with Gasteiger partial charge in [-0.25, -0.2) is 19.1 Å². The van der Waals surface area contributed by atoms with Crippen LogP contribution < -0.4 is 10.5 Å². The summed E-state index contributed by atoms with van der Waals surface area (Å²) in [4.78, 5) is 21.6. The first-order valence-corrected chi connectivity index (χ1v) is 11.3. The predicted octanol–water partition coefficient (Wildman–Crippen LogP) is 3.33. The average molecular weight is 403 g/mol. The lowest BCUT2D eigenvalue weighted by atomic mass is 10.0. The van der Waals surface area contributed by atoms with Gasteiger partial charge in [0.2, 0.25) is 0 Å². The molecule has 9 heteroatoms. The molecule has 0 saturated heterocycles. The second kappa shape index (κ2) is 6.97. The van der Waals surface area contributed by atoms with Gasteiger partial charge in [0.1, 0.15) is 0 Å². The number of carbonyl (C=O) groups excluding carboxylic acids is 1. The minimum atomic E-state index is -3.42. The molecule has 0 bridgehead atoms. The molecule has 2 aromatic rings. The smallest absolute Gasteiger partial charge is 0.334 e. The van der Waals surface area contributed by atoms with E-state index in [1.165, 1.54) is 0 Å². The summed E-state index contributed by atoms with van der Waals surface area (Å²) in [5.41, 5.74) is 5.11. The van der Waals surface area contributed by atoms with Gasteiger partial charge in [-0.15, -0.1) is 4.36 Å². The van der Waals surface area contributed by atoms with E-state index in [9.17, 15) is 9.00 Å². The topological polar surface area (TPSA) is 115 Å². The Morgan fingerprint density at radius 1 is 1.36 bits per heavy atom. The van der Waals surface area contributed by atoms with Crippen molar-refractivity contribution in [2.45, 2.75) is 69.9 Å². The lowest BCUT2D eigenvalue weighted by Gasteiger charge is -2.15. The summed E-state index contributed by atoms with van der Waals surface area (Å²) in [5.74, 6) is 0.382. The maximum absolute atomic E-state index is 12.8. The van der Waals surface area contributed by atoms with E-state index in [1.54, 1.807) is 17.1 Å². The maximum atomic E-state index is 12.8. The van der Waals surface area contributed by atoms with E-state index in [2.05, 4.69) is 21.6 Å². The van der Waals surface area contributed by atoms with Crippen LogP contribution in [0.15, 0.2) is 21.9 Å². The van der Waals surface area contributed by atoms with Crippen molar-refractivity contribution in [3.8, 4) is 0 Å². The van der Waals surface area contributed by atoms with Crippen LogP contribution in [-0.2, 0) is 29.2 Å². The number of hydrogen-bond acceptors (Lipinski definition) is 4. The Kier molecular flexibility index (Phi) is 4.75. The molecule has 28 heavy (non-hydrogen) atoms. The number of hydrogen-bond donors (Lipinski definition) is 2. The molecule has 2 aliphatic carbocycles. The first-order chi connectivity index (χ1) is 13.3. The normalized spacial score (nSPS) is 20.0. The number of rotatable bonds is 3. The first-order valence-electron chi connectivity index (χ1n) is 9.70. The fraction of sp³-hybridized carbons (Fsp3) is 0.526. The van der Waals surface area contributed by atoms with Crippen LogP contribution in [0.25, 0.3) is 0 Å². The van der Waals surface area contributed by atoms with Crippen molar-refractivity contribution in [1.29, 1.82) is 0 Å². The van der Waals surface area contributed by atoms with Crippen LogP contribution in [0.1, 0.15) is 68.1 Å². The Hall–Kier alpha value is -2.26. The van der Waals surface area contributed by atoms with Gasteiger partial charge < -0.3 is 9.88 Å². The highest BCUT2D eigenvalue weighted by molar-refractivity contribution is 7.91. The number of urea groups is 1. The zero-order valence-electron chi connectivity index (χ0n) is 16.4. The van der Waals surface area contributed by atoms with Gasteiger partial charge in [-0.2, -0.15) is 0 Å². The summed E-state index contributed by atoms with van der Waals surface area (Å²) >= 11 is 0. The van der Waals surface area contributed by atoms with Crippen LogP contribution in [0.2, 0.25) is 0 Å². The van der Waals surface area contributed by atoms with Gasteiger partial charge in [-0.3, -0.25) is 4.98 Å². The van der Waals surface area contributed by atoms with Crippen LogP contribution in [0, 0.1) is 0 Å². The molecule has 2 atom stereocenters. The van der Waals surface area contributed by atoms with Crippen molar-refractivity contribution in [3.63, 3.8) is 0 Å². The number of amides is 2. The third-order valence-electron chi connectivity index (χ3n) is 5.58. The first kappa shape index (κ1) is 19.1. The van der Waals surface area contributed by atoms with Gasteiger partial charge in [-0.05, 0) is 63.0 Å². The molecule has 2 aliphatic rings. The van der Waals surface area contributed by atoms with Gasteiger partial charge in [0.25, 0.3) is 0 Å². The molecule has 4 rings (SSSR count). The quantitative estimate of drug-likeness (QED) is 0.819. The van der Waals surface area contributed by atoms with E-state index in [1.807, 2.05) is 13.8 Å². The number of nitrogens with one attached hydrogen (secondary N) is 1. The molecule has 0 aliphatic heterocycles. The van der Waals surface area contributed by atoms with Crippen molar-refractivity contribution in [1.82, 2.24) is 14.5 Å². The number of aryl methyl sites for hydroxylation is 1. The summed E-state index contributed by atoms with van der Waals surface area (Å²) in [5, 5.41) is 8.85. The molecule has 2 heterocycles. The molecule has 1 unspecified atom stereocenters. The Morgan fingerprint density at radius 3 is 2.86 bits per heavy atom. The second-order valence-electron chi connectivity index (χ2n) is 7.91. The molecule has 0 radical (unpaired) electrons. The van der Waals surface area contributed by atoms with Crippen molar-refractivity contribution < 1.29 is 9.00 Å². The van der Waals surface area contributed by atoms with Gasteiger partial charge >= 0.3 is 6.03 Å². The number of pyridine rings is 1. The highest BCUT2D eigenvalue weighted by Gasteiger charge is 2.30. The van der Waals surface area contributed by atoms with E-state index in [-0.39, 0.29) is 11.1 Å². The molecule has 3 N–H and O–H groups in total. The van der Waals surface area contributed by atoms with Crippen LogP contribution in [0.3, 0.4) is 0 Å². The van der Waals surface area contributed by atoms with E-state index in [4.69, 9.17) is 10.1 Å². The predicted molar refractivity (Wildman–Crippen MR) is 108 cm³/mol. The Morgan fingerprint density at radius 2 is 2.14 bits per heavy atom. The van der Waals surface area contributed by atoms with E-state index in [0.717, 1.165) is 60.3 Å². The van der Waals surface area contributed by atoms with Crippen LogP contribution in [0.5, 0.6) is 0 Å². The molecule has 0 saturated carbocycles. The number of fused-ring (bicyclic) bond motifs is 2. The molecule has 2 amide bonds. The van der Waals surface area contributed by atoms with E-state index in [0.29, 0.717) is 5.92 Å². The number of imidazole rings is 1. The number of nitrogens with two attached hydrogens (primary N) is 1. The molecule has 2 aromatic heterocycles. The van der Waals surface area contributed by atoms with Crippen molar-refractivity contribution in [2.75, 3.05) is 5.32 Å². The summed E-state index contributed by atoms with van der Waals surface area (Å²) in [6, 6.07) is -0.553. The van der Waals surface area contributed by atoms with Crippen LogP contribution in [-0.4, -0.2) is 24.8 Å². The van der Waals surface area contributed by atoms with Gasteiger partial charge in [0.15, 0.2) is 14.9 Å². The highest BCUT2D eigenvalue weighted by Crippen LogP contribution is 2.41. The summed E-state index contributed by atoms with van der Waals surface area (Å²) < 4.78 is 18.4. The SMILES string of the molecule is CC1CCc2c1nc1c(c2NC(=O)N=[S@](N)(=O)c2cn(C(C)C)cn2)CCC1. The molecular weight excluding hydrogens is 376 g/mol. The van der Waals surface area contributed by atoms with Gasteiger partial charge in [0, 0.05) is 23.6 Å². The number of aromatic nitrogens is 3. The molecule has 0 spiro atoms. The number of carbonyl (C=O) groups is 1. The van der Waals surface area contributed by atoms with Gasteiger partial charge in [-0.1, -0.05) is 6.92 Å². The molecule has 8 nitrogen and oxygen atoms in total. The minimum absolute atomic E-state index is 0.107. The molecule has 0 fully saturated rings. The zero-order chi connectivity index (χ0) is 20.1. The minimum Gasteiger partial charge on any atom is -0.334 e. The van der Waals surface area contributed by atoms with Crippen LogP contribution >= 0.6 is 0 Å². The fourth-order valence-electron chi connectivity index (χ4n) is 4.00. The summed E-state index contributed by atoms with van der Waals surface area (Å²) in [7, 11) is -3.42. The Labute approximate surface area is 165 Å². The standard InChI is InChI=1S/C19H26N6O2S/c1-11(2)25-9-16(21-10-25)28(20,27)24-19(26)23-18-13-5-4-6-15(13)22-17-12(3)7-8-14(17)18/h9-12H,4-8H2,1-3H3,(H3,20,22,23,24,26,27)/t12?,28-/m0/s1. The van der Waals surface area contributed by atoms with Gasteiger partial charge in [0.05, 0.1) is 12.0 Å². The largest absolute Gasteiger partial charge is 0.354 e. The average Bonchev–Trinajstić information content (AvgIpc) is 3.34. The third kappa shape index (κ3) is 3.33. The highest BCUT2D eigenvalue weighted by atomic mass is 32.2. The maximum Gasteiger partial charge on any atom is 0.354 e. The summed E-state index contributed by atoms with van der Waals surface area (Å²) in [6.45, 7) is 6.10. The number of anilines is 1. The van der Waals surface area contributed by atoms with Crippen molar-refractivity contribution in [2.24, 2.45) is 9.50 Å². The Balaban J connectivity index is 1.67. The molecular formula is C19H26N6O2S. The van der Waals surface area contributed by atoms with Crippen molar-refractivity contribution in [3.05, 3.63) is 35.0 Å². The van der Waals surface area contributed by atoms with E-state index < -0.39 is 15.9 Å². The lowest BCUT2D eigenvalue weighted by Crippen LogP contribution is -2.19. The zero-order valence-corrected chi connectivity index (χ0v) is 17.3. The lowest BCUT2D eigenvalue weighted by molar-refractivity contribution is 0.260. The summed E-state index contributed by atoms with van der Waals surface area (Å²) in [6.07, 6.45) is 7.86. The molecule has 0 aromatic carbocycles. The second-order valence-corrected chi connectivity index (χ2v) is 9.65. The number of nitrogens with zero attached hydrogens (tertiary/aromatic N) is 4. The monoisotopic (exact) mass is 402 g/mol. The third-order valence-corrected chi connectivity index (χ3v) is 6.82. The fourth-order valence-corrected chi connectivity index (χ4v) is 4.86. The van der Waals surface area contributed by atoms with Crippen molar-refractivity contribution >= 4 is 21.6 Å².